The number of hydrogen-bond acceptors (Lipinski definition) is 6. The summed E-state index contributed by atoms with van der Waals surface area (Å²) in [6.07, 6.45) is 1.31. The molecule has 2 rings (SSSR count). The van der Waals surface area contributed by atoms with E-state index in [9.17, 15) is 18.5 Å². The van der Waals surface area contributed by atoms with E-state index in [-0.39, 0.29) is 16.4 Å². The monoisotopic (exact) mass is 294 g/mol. The number of nitrogens with one attached hydrogen (secondary N) is 2. The number of hydrazine groups is 1. The predicted molar refractivity (Wildman–Crippen MR) is 71.3 cm³/mol. The Morgan fingerprint density at radius 1 is 1.10 bits per heavy atom. The van der Waals surface area contributed by atoms with Crippen molar-refractivity contribution in [3.8, 4) is 0 Å². The summed E-state index contributed by atoms with van der Waals surface area (Å²) in [5.41, 5.74) is 1.91. The topological polar surface area (TPSA) is 114 Å². The zero-order chi connectivity index (χ0) is 14.6. The largest absolute Gasteiger partial charge is 0.312 e. The molecule has 20 heavy (non-hydrogen) atoms. The van der Waals surface area contributed by atoms with E-state index < -0.39 is 14.9 Å². The molecule has 104 valence electrons. The lowest BCUT2D eigenvalue weighted by Crippen LogP contribution is -2.30. The van der Waals surface area contributed by atoms with Gasteiger partial charge < -0.3 is 0 Å². The maximum absolute atomic E-state index is 11.9. The third-order valence-corrected chi connectivity index (χ3v) is 3.60. The highest BCUT2D eigenvalue weighted by molar-refractivity contribution is 7.89. The fraction of sp³-hybridized carbons (Fsp3) is 0. The van der Waals surface area contributed by atoms with Crippen molar-refractivity contribution in [2.24, 2.45) is 0 Å². The number of nitrogens with zero attached hydrogens (tertiary/aromatic N) is 2. The molecule has 0 saturated carbocycles. The molecule has 0 amide bonds. The molecule has 2 aromatic rings. The molecular formula is C11H10N4O4S. The van der Waals surface area contributed by atoms with Crippen LogP contribution < -0.4 is 10.3 Å². The van der Waals surface area contributed by atoms with E-state index in [4.69, 9.17) is 0 Å². The van der Waals surface area contributed by atoms with Gasteiger partial charge >= 0.3 is 5.69 Å². The number of rotatable bonds is 5. The van der Waals surface area contributed by atoms with Crippen molar-refractivity contribution in [2.45, 2.75) is 4.90 Å². The summed E-state index contributed by atoms with van der Waals surface area (Å²) in [6, 6.07) is 10.2. The van der Waals surface area contributed by atoms with Crippen LogP contribution in [0.1, 0.15) is 0 Å². The van der Waals surface area contributed by atoms with Crippen molar-refractivity contribution >= 4 is 21.5 Å². The van der Waals surface area contributed by atoms with Crippen molar-refractivity contribution in [1.29, 1.82) is 0 Å². The SMILES string of the molecule is O=[N+]([O-])c1cccnc1NNS(=O)(=O)c1ccccc1. The number of aromatic nitrogens is 1. The van der Waals surface area contributed by atoms with Crippen molar-refractivity contribution in [1.82, 2.24) is 9.82 Å². The first-order chi connectivity index (χ1) is 9.50. The third kappa shape index (κ3) is 3.08. The van der Waals surface area contributed by atoms with Crippen LogP contribution in [0.2, 0.25) is 0 Å². The summed E-state index contributed by atoms with van der Waals surface area (Å²) in [7, 11) is -3.82. The molecule has 0 radical (unpaired) electrons. The molecule has 0 saturated heterocycles. The molecule has 0 unspecified atom stereocenters. The summed E-state index contributed by atoms with van der Waals surface area (Å²) < 4.78 is 23.8. The minimum absolute atomic E-state index is 0.0334. The molecule has 0 fully saturated rings. The fourth-order valence-electron chi connectivity index (χ4n) is 1.41. The third-order valence-electron chi connectivity index (χ3n) is 2.34. The van der Waals surface area contributed by atoms with E-state index in [1.807, 2.05) is 4.83 Å². The first-order valence-corrected chi connectivity index (χ1v) is 6.91. The van der Waals surface area contributed by atoms with Gasteiger partial charge in [-0.2, -0.15) is 0 Å². The standard InChI is InChI=1S/C11H10N4O4S/c16-15(17)10-7-4-8-12-11(10)13-14-20(18,19)9-5-2-1-3-6-9/h1-8,14H,(H,12,13). The number of anilines is 1. The van der Waals surface area contributed by atoms with Crippen molar-refractivity contribution in [3.05, 3.63) is 58.8 Å². The Balaban J connectivity index is 2.19. The number of nitro groups is 1. The van der Waals surface area contributed by atoms with Gasteiger partial charge in [-0.15, -0.1) is 4.83 Å². The second-order valence-electron chi connectivity index (χ2n) is 3.67. The second-order valence-corrected chi connectivity index (χ2v) is 5.35. The molecule has 0 aliphatic carbocycles. The molecule has 0 atom stereocenters. The van der Waals surface area contributed by atoms with Crippen molar-refractivity contribution < 1.29 is 13.3 Å². The Bertz CT molecular complexity index is 718. The first kappa shape index (κ1) is 13.9. The Labute approximate surface area is 114 Å². The van der Waals surface area contributed by atoms with Crippen LogP contribution in [0.5, 0.6) is 0 Å². The summed E-state index contributed by atoms with van der Waals surface area (Å²) in [4.78, 5) is 15.9. The molecule has 1 heterocycles. The maximum Gasteiger partial charge on any atom is 0.312 e. The van der Waals surface area contributed by atoms with E-state index in [1.165, 1.54) is 30.5 Å². The Hall–Kier alpha value is -2.52. The minimum Gasteiger partial charge on any atom is -0.286 e. The molecule has 0 spiro atoms. The van der Waals surface area contributed by atoms with Gasteiger partial charge in [0.25, 0.3) is 10.0 Å². The van der Waals surface area contributed by atoms with Crippen LogP contribution in [0.4, 0.5) is 11.5 Å². The van der Waals surface area contributed by atoms with Crippen LogP contribution in [-0.4, -0.2) is 18.3 Å². The fourth-order valence-corrected chi connectivity index (χ4v) is 2.28. The van der Waals surface area contributed by atoms with E-state index in [2.05, 4.69) is 10.4 Å². The lowest BCUT2D eigenvalue weighted by atomic mass is 10.4. The average Bonchev–Trinajstić information content (AvgIpc) is 2.46. The highest BCUT2D eigenvalue weighted by Crippen LogP contribution is 2.19. The molecule has 8 nitrogen and oxygen atoms in total. The molecule has 0 bridgehead atoms. The van der Waals surface area contributed by atoms with Crippen LogP contribution in [0.15, 0.2) is 53.6 Å². The van der Waals surface area contributed by atoms with Gasteiger partial charge in [-0.25, -0.2) is 13.4 Å². The van der Waals surface area contributed by atoms with Crippen LogP contribution in [0.25, 0.3) is 0 Å². The van der Waals surface area contributed by atoms with Gasteiger partial charge in [0.05, 0.1) is 9.82 Å². The second kappa shape index (κ2) is 5.63. The van der Waals surface area contributed by atoms with Gasteiger partial charge in [0, 0.05) is 12.3 Å². The summed E-state index contributed by atoms with van der Waals surface area (Å²) in [5, 5.41) is 10.8. The molecule has 9 heteroatoms. The van der Waals surface area contributed by atoms with Crippen LogP contribution >= 0.6 is 0 Å². The van der Waals surface area contributed by atoms with Crippen molar-refractivity contribution in [2.75, 3.05) is 5.43 Å². The molecule has 1 aromatic heterocycles. The zero-order valence-corrected chi connectivity index (χ0v) is 10.9. The van der Waals surface area contributed by atoms with E-state index >= 15 is 0 Å². The van der Waals surface area contributed by atoms with Crippen LogP contribution in [0, 0.1) is 10.1 Å². The summed E-state index contributed by atoms with van der Waals surface area (Å²) >= 11 is 0. The highest BCUT2D eigenvalue weighted by atomic mass is 32.2. The van der Waals surface area contributed by atoms with Gasteiger partial charge in [-0.05, 0) is 18.2 Å². The molecule has 0 aliphatic heterocycles. The first-order valence-electron chi connectivity index (χ1n) is 5.43. The summed E-state index contributed by atoms with van der Waals surface area (Å²) in [6.45, 7) is 0. The van der Waals surface area contributed by atoms with Crippen LogP contribution in [-0.2, 0) is 10.0 Å². The zero-order valence-electron chi connectivity index (χ0n) is 10.1. The van der Waals surface area contributed by atoms with E-state index in [0.717, 1.165) is 0 Å². The van der Waals surface area contributed by atoms with E-state index in [1.54, 1.807) is 18.2 Å². The Morgan fingerprint density at radius 2 is 1.80 bits per heavy atom. The average molecular weight is 294 g/mol. The number of hydrogen-bond donors (Lipinski definition) is 2. The lowest BCUT2D eigenvalue weighted by Gasteiger charge is -2.08. The number of benzene rings is 1. The normalized spacial score (nSPS) is 11.0. The Morgan fingerprint density at radius 3 is 2.45 bits per heavy atom. The minimum atomic E-state index is -3.82. The summed E-state index contributed by atoms with van der Waals surface area (Å²) in [5.74, 6) is -0.183. The van der Waals surface area contributed by atoms with Gasteiger partial charge in [-0.3, -0.25) is 15.5 Å². The molecule has 0 aliphatic rings. The maximum atomic E-state index is 11.9. The van der Waals surface area contributed by atoms with Gasteiger partial charge in [0.15, 0.2) is 0 Å². The number of sulfonamides is 1. The van der Waals surface area contributed by atoms with Crippen LogP contribution in [0.3, 0.4) is 0 Å². The van der Waals surface area contributed by atoms with Gasteiger partial charge in [0.1, 0.15) is 0 Å². The van der Waals surface area contributed by atoms with Gasteiger partial charge in [-0.1, -0.05) is 18.2 Å². The van der Waals surface area contributed by atoms with E-state index in [0.29, 0.717) is 0 Å². The quantitative estimate of drug-likeness (QED) is 0.634. The molecule has 1 aromatic carbocycles. The molecular weight excluding hydrogens is 284 g/mol. The van der Waals surface area contributed by atoms with Gasteiger partial charge in [0.2, 0.25) is 5.82 Å². The number of pyridine rings is 1. The predicted octanol–water partition coefficient (Wildman–Crippen LogP) is 1.30. The Kier molecular flexibility index (Phi) is 3.91. The smallest absolute Gasteiger partial charge is 0.286 e. The lowest BCUT2D eigenvalue weighted by molar-refractivity contribution is -0.384. The van der Waals surface area contributed by atoms with Crippen molar-refractivity contribution in [3.63, 3.8) is 0 Å². The molecule has 2 N–H and O–H groups in total. The highest BCUT2D eigenvalue weighted by Gasteiger charge is 2.17.